The van der Waals surface area contributed by atoms with Gasteiger partial charge in [-0.05, 0) is 81.7 Å². The average Bonchev–Trinajstić information content (AvgIpc) is 3.23. The van der Waals surface area contributed by atoms with E-state index in [0.29, 0.717) is 18.0 Å². The second-order valence-corrected chi connectivity index (χ2v) is 10.1. The molecule has 0 aliphatic heterocycles. The van der Waals surface area contributed by atoms with Crippen molar-refractivity contribution in [2.45, 2.75) is 64.7 Å². The molecule has 1 aliphatic carbocycles. The van der Waals surface area contributed by atoms with E-state index < -0.39 is 29.8 Å². The molecule has 0 spiro atoms. The number of benzene rings is 2. The van der Waals surface area contributed by atoms with Crippen LogP contribution in [0.2, 0.25) is 0 Å². The zero-order valence-corrected chi connectivity index (χ0v) is 21.5. The van der Waals surface area contributed by atoms with Gasteiger partial charge in [-0.1, -0.05) is 30.3 Å². The van der Waals surface area contributed by atoms with Crippen LogP contribution in [0.1, 0.15) is 62.5 Å². The first-order valence-corrected chi connectivity index (χ1v) is 12.5. The highest BCUT2D eigenvalue weighted by atomic mass is 19.2. The minimum Gasteiger partial charge on any atom is -0.463 e. The lowest BCUT2D eigenvalue weighted by molar-refractivity contribution is -0.137. The molecule has 0 fully saturated rings. The molecule has 0 radical (unpaired) electrons. The molecule has 2 atom stereocenters. The molecule has 2 aromatic carbocycles. The SMILES string of the molecule is CCOC(=O)/C=C/c1ccc(F)c(F)c1C(C)OC[C@H](O)CNC(C)(C)CC1Cc2ccccc2C1. The number of hydrogen-bond donors (Lipinski definition) is 2. The van der Waals surface area contributed by atoms with Crippen molar-refractivity contribution in [2.75, 3.05) is 19.8 Å². The van der Waals surface area contributed by atoms with Gasteiger partial charge in [0.15, 0.2) is 11.6 Å². The molecular formula is C29H37F2NO4. The molecule has 7 heteroatoms. The number of aliphatic hydroxyl groups excluding tert-OH is 1. The first-order valence-electron chi connectivity index (χ1n) is 12.5. The fourth-order valence-electron chi connectivity index (χ4n) is 4.87. The third-order valence-electron chi connectivity index (χ3n) is 6.55. The highest BCUT2D eigenvalue weighted by Crippen LogP contribution is 2.32. The standard InChI is InChI=1S/C29H37F2NO4/c1-5-35-26(34)13-11-21-10-12-25(30)28(31)27(21)19(2)36-18-24(33)17-32-29(3,4)16-20-14-22-8-6-7-9-23(22)15-20/h6-13,19-20,24,32-33H,5,14-18H2,1-4H3/b13-11+/t19?,24-/m1/s1. The van der Waals surface area contributed by atoms with Crippen molar-refractivity contribution in [3.8, 4) is 0 Å². The van der Waals surface area contributed by atoms with Crippen LogP contribution in [0.3, 0.4) is 0 Å². The van der Waals surface area contributed by atoms with Crippen molar-refractivity contribution in [3.63, 3.8) is 0 Å². The predicted molar refractivity (Wildman–Crippen MR) is 136 cm³/mol. The summed E-state index contributed by atoms with van der Waals surface area (Å²) in [6, 6.07) is 10.9. The van der Waals surface area contributed by atoms with Crippen LogP contribution in [0, 0.1) is 17.6 Å². The molecule has 0 bridgehead atoms. The molecule has 0 saturated heterocycles. The fraction of sp³-hybridized carbons (Fsp3) is 0.483. The van der Waals surface area contributed by atoms with Crippen LogP contribution >= 0.6 is 0 Å². The Hall–Kier alpha value is -2.61. The molecule has 2 N–H and O–H groups in total. The highest BCUT2D eigenvalue weighted by molar-refractivity contribution is 5.87. The van der Waals surface area contributed by atoms with Gasteiger partial charge in [-0.3, -0.25) is 0 Å². The number of carbonyl (C=O) groups excluding carboxylic acids is 1. The number of hydrogen-bond acceptors (Lipinski definition) is 5. The first kappa shape index (κ1) is 28.0. The maximum absolute atomic E-state index is 14.6. The van der Waals surface area contributed by atoms with Crippen molar-refractivity contribution < 1.29 is 28.2 Å². The summed E-state index contributed by atoms with van der Waals surface area (Å²) in [5, 5.41) is 13.9. The average molecular weight is 502 g/mol. The number of halogens is 2. The van der Waals surface area contributed by atoms with Gasteiger partial charge >= 0.3 is 5.97 Å². The van der Waals surface area contributed by atoms with Crippen LogP contribution < -0.4 is 5.32 Å². The Kier molecular flexibility index (Phi) is 9.77. The van der Waals surface area contributed by atoms with E-state index in [0.717, 1.165) is 31.4 Å². The normalized spacial score (nSPS) is 15.8. The van der Waals surface area contributed by atoms with Crippen LogP contribution in [-0.2, 0) is 27.1 Å². The Labute approximate surface area is 212 Å². The van der Waals surface area contributed by atoms with Gasteiger partial charge in [0, 0.05) is 23.7 Å². The number of nitrogens with one attached hydrogen (secondary N) is 1. The third-order valence-corrected chi connectivity index (χ3v) is 6.55. The van der Waals surface area contributed by atoms with Gasteiger partial charge in [-0.25, -0.2) is 13.6 Å². The molecule has 196 valence electrons. The zero-order chi connectivity index (χ0) is 26.3. The van der Waals surface area contributed by atoms with E-state index in [9.17, 15) is 18.7 Å². The second-order valence-electron chi connectivity index (χ2n) is 10.1. The van der Waals surface area contributed by atoms with Gasteiger partial charge < -0.3 is 19.9 Å². The molecule has 1 aliphatic rings. The molecule has 0 heterocycles. The number of β-amino-alcohol motifs (C(OH)–C–C–N with tert-alkyl or cyclic N) is 1. The van der Waals surface area contributed by atoms with Crippen LogP contribution in [0.4, 0.5) is 8.78 Å². The Morgan fingerprint density at radius 3 is 2.50 bits per heavy atom. The summed E-state index contributed by atoms with van der Waals surface area (Å²) in [4.78, 5) is 11.6. The molecule has 0 aromatic heterocycles. The van der Waals surface area contributed by atoms with Crippen LogP contribution in [0.5, 0.6) is 0 Å². The molecule has 1 unspecified atom stereocenters. The first-order chi connectivity index (χ1) is 17.1. The van der Waals surface area contributed by atoms with Gasteiger partial charge in [0.05, 0.1) is 25.4 Å². The Balaban J connectivity index is 1.52. The predicted octanol–water partition coefficient (Wildman–Crippen LogP) is 5.15. The lowest BCUT2D eigenvalue weighted by Gasteiger charge is -2.31. The van der Waals surface area contributed by atoms with Crippen LogP contribution in [0.15, 0.2) is 42.5 Å². The van der Waals surface area contributed by atoms with Gasteiger partial charge in [-0.2, -0.15) is 0 Å². The van der Waals surface area contributed by atoms with Gasteiger partial charge in [0.25, 0.3) is 0 Å². The van der Waals surface area contributed by atoms with E-state index in [2.05, 4.69) is 43.4 Å². The summed E-state index contributed by atoms with van der Waals surface area (Å²) >= 11 is 0. The molecule has 3 rings (SSSR count). The molecule has 36 heavy (non-hydrogen) atoms. The highest BCUT2D eigenvalue weighted by Gasteiger charge is 2.28. The van der Waals surface area contributed by atoms with Crippen molar-refractivity contribution in [1.82, 2.24) is 5.32 Å². The largest absolute Gasteiger partial charge is 0.463 e. The topological polar surface area (TPSA) is 67.8 Å². The van der Waals surface area contributed by atoms with E-state index in [1.54, 1.807) is 13.8 Å². The second kappa shape index (κ2) is 12.6. The monoisotopic (exact) mass is 501 g/mol. The van der Waals surface area contributed by atoms with Crippen molar-refractivity contribution in [3.05, 3.63) is 76.4 Å². The van der Waals surface area contributed by atoms with Crippen molar-refractivity contribution >= 4 is 12.0 Å². The summed E-state index contributed by atoms with van der Waals surface area (Å²) in [6.07, 6.45) is 3.96. The summed E-state index contributed by atoms with van der Waals surface area (Å²) in [6.45, 7) is 7.97. The Bertz CT molecular complexity index is 1040. The van der Waals surface area contributed by atoms with Crippen LogP contribution in [-0.4, -0.2) is 42.5 Å². The van der Waals surface area contributed by atoms with Crippen LogP contribution in [0.25, 0.3) is 6.08 Å². The van der Waals surface area contributed by atoms with Crippen molar-refractivity contribution in [1.29, 1.82) is 0 Å². The number of rotatable bonds is 12. The van der Waals surface area contributed by atoms with Gasteiger partial charge in [0.2, 0.25) is 0 Å². The van der Waals surface area contributed by atoms with E-state index in [1.807, 2.05) is 0 Å². The number of fused-ring (bicyclic) bond motifs is 1. The number of aliphatic hydroxyl groups is 1. The maximum Gasteiger partial charge on any atom is 0.330 e. The molecule has 2 aromatic rings. The van der Waals surface area contributed by atoms with Crippen molar-refractivity contribution in [2.24, 2.45) is 5.92 Å². The zero-order valence-electron chi connectivity index (χ0n) is 21.5. The molecule has 5 nitrogen and oxygen atoms in total. The lowest BCUT2D eigenvalue weighted by atomic mass is 9.88. The number of carbonyl (C=O) groups is 1. The maximum atomic E-state index is 14.6. The number of esters is 1. The molecule has 0 amide bonds. The smallest absolute Gasteiger partial charge is 0.330 e. The quantitative estimate of drug-likeness (QED) is 0.311. The number of ether oxygens (including phenoxy) is 2. The molecule has 0 saturated carbocycles. The minimum atomic E-state index is -1.04. The summed E-state index contributed by atoms with van der Waals surface area (Å²) in [5.41, 5.74) is 2.94. The molecular weight excluding hydrogens is 464 g/mol. The summed E-state index contributed by atoms with van der Waals surface area (Å²) in [5.74, 6) is -2.07. The third kappa shape index (κ3) is 7.69. The summed E-state index contributed by atoms with van der Waals surface area (Å²) < 4.78 is 39.1. The van der Waals surface area contributed by atoms with E-state index in [-0.39, 0.29) is 24.3 Å². The van der Waals surface area contributed by atoms with Gasteiger partial charge in [0.1, 0.15) is 0 Å². The minimum absolute atomic E-state index is 0.0168. The van der Waals surface area contributed by atoms with E-state index in [4.69, 9.17) is 9.47 Å². The Morgan fingerprint density at radius 2 is 1.86 bits per heavy atom. The van der Waals surface area contributed by atoms with E-state index >= 15 is 0 Å². The summed E-state index contributed by atoms with van der Waals surface area (Å²) in [7, 11) is 0. The Morgan fingerprint density at radius 1 is 1.19 bits per heavy atom. The lowest BCUT2D eigenvalue weighted by Crippen LogP contribution is -2.45. The fourth-order valence-corrected chi connectivity index (χ4v) is 4.87. The van der Waals surface area contributed by atoms with E-state index in [1.165, 1.54) is 23.3 Å². The van der Waals surface area contributed by atoms with Gasteiger partial charge in [-0.15, -0.1) is 0 Å².